The number of aryl methyl sites for hydroxylation is 1. The summed E-state index contributed by atoms with van der Waals surface area (Å²) >= 11 is 5.95. The van der Waals surface area contributed by atoms with Crippen LogP contribution in [0, 0.1) is 18.3 Å². The van der Waals surface area contributed by atoms with Gasteiger partial charge in [-0.1, -0.05) is 17.7 Å². The molecule has 112 valence electrons. The van der Waals surface area contributed by atoms with E-state index in [0.29, 0.717) is 22.0 Å². The third-order valence-electron chi connectivity index (χ3n) is 3.07. The summed E-state index contributed by atoms with van der Waals surface area (Å²) in [6.07, 6.45) is -0.675. The van der Waals surface area contributed by atoms with Crippen molar-refractivity contribution in [2.75, 3.05) is 5.32 Å². The van der Waals surface area contributed by atoms with Crippen LogP contribution in [0.5, 0.6) is 5.75 Å². The zero-order valence-corrected chi connectivity index (χ0v) is 13.0. The van der Waals surface area contributed by atoms with Gasteiger partial charge in [-0.3, -0.25) is 4.79 Å². The van der Waals surface area contributed by atoms with Crippen molar-refractivity contribution in [3.05, 3.63) is 58.6 Å². The molecule has 0 aliphatic heterocycles. The lowest BCUT2D eigenvalue weighted by molar-refractivity contribution is -0.122. The van der Waals surface area contributed by atoms with Gasteiger partial charge in [-0.05, 0) is 55.8 Å². The first-order valence-electron chi connectivity index (χ1n) is 6.73. The van der Waals surface area contributed by atoms with Gasteiger partial charge in [0.05, 0.1) is 11.6 Å². The van der Waals surface area contributed by atoms with E-state index in [1.54, 1.807) is 49.4 Å². The summed E-state index contributed by atoms with van der Waals surface area (Å²) in [6, 6.07) is 14.0. The zero-order valence-electron chi connectivity index (χ0n) is 12.3. The summed E-state index contributed by atoms with van der Waals surface area (Å²) in [5.74, 6) is 0.290. The summed E-state index contributed by atoms with van der Waals surface area (Å²) in [5, 5.41) is 12.2. The fourth-order valence-electron chi connectivity index (χ4n) is 1.86. The highest BCUT2D eigenvalue weighted by Gasteiger charge is 2.15. The molecule has 1 unspecified atom stereocenters. The summed E-state index contributed by atoms with van der Waals surface area (Å²) < 4.78 is 5.61. The van der Waals surface area contributed by atoms with E-state index in [9.17, 15) is 4.79 Å². The minimum Gasteiger partial charge on any atom is -0.481 e. The quantitative estimate of drug-likeness (QED) is 0.930. The van der Waals surface area contributed by atoms with E-state index in [2.05, 4.69) is 5.32 Å². The number of halogens is 1. The molecule has 0 saturated carbocycles. The van der Waals surface area contributed by atoms with Gasteiger partial charge in [0.2, 0.25) is 0 Å². The Balaban J connectivity index is 2.02. The number of carbonyl (C=O) groups is 1. The van der Waals surface area contributed by atoms with Gasteiger partial charge in [0, 0.05) is 10.7 Å². The van der Waals surface area contributed by atoms with Crippen LogP contribution in [0.1, 0.15) is 18.1 Å². The van der Waals surface area contributed by atoms with E-state index in [1.807, 2.05) is 13.0 Å². The SMILES string of the molecule is Cc1cc(OC(C)C(=O)Nc2cccc(C#N)c2)ccc1Cl. The zero-order chi connectivity index (χ0) is 16.1. The summed E-state index contributed by atoms with van der Waals surface area (Å²) in [7, 11) is 0. The summed E-state index contributed by atoms with van der Waals surface area (Å²) in [6.45, 7) is 3.53. The van der Waals surface area contributed by atoms with E-state index in [4.69, 9.17) is 21.6 Å². The number of anilines is 1. The van der Waals surface area contributed by atoms with Crippen LogP contribution in [0.25, 0.3) is 0 Å². The van der Waals surface area contributed by atoms with Crippen molar-refractivity contribution in [2.24, 2.45) is 0 Å². The van der Waals surface area contributed by atoms with Crippen molar-refractivity contribution in [3.63, 3.8) is 0 Å². The summed E-state index contributed by atoms with van der Waals surface area (Å²) in [4.78, 5) is 12.1. The maximum absolute atomic E-state index is 12.1. The van der Waals surface area contributed by atoms with Crippen LogP contribution in [0.15, 0.2) is 42.5 Å². The molecule has 0 saturated heterocycles. The lowest BCUT2D eigenvalue weighted by Gasteiger charge is -2.15. The van der Waals surface area contributed by atoms with E-state index in [0.717, 1.165) is 5.56 Å². The van der Waals surface area contributed by atoms with E-state index < -0.39 is 6.10 Å². The molecule has 0 bridgehead atoms. The van der Waals surface area contributed by atoms with Crippen LogP contribution >= 0.6 is 11.6 Å². The molecular weight excluding hydrogens is 300 g/mol. The van der Waals surface area contributed by atoms with Crippen molar-refractivity contribution in [2.45, 2.75) is 20.0 Å². The van der Waals surface area contributed by atoms with Crippen LogP contribution in [-0.4, -0.2) is 12.0 Å². The Morgan fingerprint density at radius 1 is 1.32 bits per heavy atom. The van der Waals surface area contributed by atoms with Gasteiger partial charge >= 0.3 is 0 Å². The molecule has 1 N–H and O–H groups in total. The van der Waals surface area contributed by atoms with Gasteiger partial charge in [-0.25, -0.2) is 0 Å². The minimum atomic E-state index is -0.675. The Hall–Kier alpha value is -2.51. The predicted octanol–water partition coefficient (Wildman–Crippen LogP) is 3.93. The first-order valence-corrected chi connectivity index (χ1v) is 7.11. The molecule has 0 spiro atoms. The molecule has 2 rings (SSSR count). The lowest BCUT2D eigenvalue weighted by atomic mass is 10.2. The molecule has 2 aromatic carbocycles. The molecular formula is C17H15ClN2O2. The molecule has 5 heteroatoms. The van der Waals surface area contributed by atoms with Crippen LogP contribution in [0.2, 0.25) is 5.02 Å². The van der Waals surface area contributed by atoms with Crippen LogP contribution in [0.3, 0.4) is 0 Å². The van der Waals surface area contributed by atoms with Crippen molar-refractivity contribution < 1.29 is 9.53 Å². The standard InChI is InChI=1S/C17H15ClN2O2/c1-11-8-15(6-7-16(11)18)22-12(2)17(21)20-14-5-3-4-13(9-14)10-19/h3-9,12H,1-2H3,(H,20,21). The average molecular weight is 315 g/mol. The average Bonchev–Trinajstić information content (AvgIpc) is 2.51. The van der Waals surface area contributed by atoms with Crippen molar-refractivity contribution >= 4 is 23.2 Å². The number of hydrogen-bond acceptors (Lipinski definition) is 3. The second-order valence-corrected chi connectivity index (χ2v) is 5.26. The smallest absolute Gasteiger partial charge is 0.265 e. The Kier molecular flexibility index (Phi) is 5.03. The minimum absolute atomic E-state index is 0.289. The number of carbonyl (C=O) groups excluding carboxylic acids is 1. The van der Waals surface area contributed by atoms with E-state index in [1.165, 1.54) is 0 Å². The Labute approximate surface area is 134 Å². The van der Waals surface area contributed by atoms with Crippen molar-refractivity contribution in [3.8, 4) is 11.8 Å². The highest BCUT2D eigenvalue weighted by Crippen LogP contribution is 2.22. The molecule has 0 fully saturated rings. The number of nitrogens with zero attached hydrogens (tertiary/aromatic N) is 1. The molecule has 0 aliphatic carbocycles. The fraction of sp³-hybridized carbons (Fsp3) is 0.176. The highest BCUT2D eigenvalue weighted by molar-refractivity contribution is 6.31. The second-order valence-electron chi connectivity index (χ2n) is 4.85. The third-order valence-corrected chi connectivity index (χ3v) is 3.49. The normalized spacial score (nSPS) is 11.4. The second kappa shape index (κ2) is 6.97. The first kappa shape index (κ1) is 15.9. The maximum atomic E-state index is 12.1. The lowest BCUT2D eigenvalue weighted by Crippen LogP contribution is -2.30. The van der Waals surface area contributed by atoms with Crippen molar-refractivity contribution in [1.29, 1.82) is 5.26 Å². The predicted molar refractivity (Wildman–Crippen MR) is 86.1 cm³/mol. The van der Waals surface area contributed by atoms with Crippen molar-refractivity contribution in [1.82, 2.24) is 0 Å². The number of hydrogen-bond donors (Lipinski definition) is 1. The largest absolute Gasteiger partial charge is 0.481 e. The van der Waals surface area contributed by atoms with Gasteiger partial charge in [-0.15, -0.1) is 0 Å². The molecule has 4 nitrogen and oxygen atoms in total. The Bertz CT molecular complexity index is 738. The van der Waals surface area contributed by atoms with Crippen LogP contribution in [0.4, 0.5) is 5.69 Å². The van der Waals surface area contributed by atoms with Gasteiger partial charge < -0.3 is 10.1 Å². The van der Waals surface area contributed by atoms with E-state index >= 15 is 0 Å². The number of amides is 1. The molecule has 0 aromatic heterocycles. The monoisotopic (exact) mass is 314 g/mol. The van der Waals surface area contributed by atoms with Gasteiger partial charge in [-0.2, -0.15) is 5.26 Å². The fourth-order valence-corrected chi connectivity index (χ4v) is 1.98. The van der Waals surface area contributed by atoms with Crippen LogP contribution in [-0.2, 0) is 4.79 Å². The topological polar surface area (TPSA) is 62.1 Å². The number of benzene rings is 2. The van der Waals surface area contributed by atoms with Crippen LogP contribution < -0.4 is 10.1 Å². The number of nitrogens with one attached hydrogen (secondary N) is 1. The Morgan fingerprint density at radius 3 is 2.77 bits per heavy atom. The van der Waals surface area contributed by atoms with Gasteiger partial charge in [0.15, 0.2) is 6.10 Å². The Morgan fingerprint density at radius 2 is 2.09 bits per heavy atom. The molecule has 1 atom stereocenters. The van der Waals surface area contributed by atoms with Gasteiger partial charge in [0.1, 0.15) is 5.75 Å². The molecule has 0 heterocycles. The van der Waals surface area contributed by atoms with Gasteiger partial charge in [0.25, 0.3) is 5.91 Å². The first-order chi connectivity index (χ1) is 10.5. The third kappa shape index (κ3) is 4.00. The number of ether oxygens (including phenoxy) is 1. The molecule has 1 amide bonds. The molecule has 0 radical (unpaired) electrons. The highest BCUT2D eigenvalue weighted by atomic mass is 35.5. The van der Waals surface area contributed by atoms with E-state index in [-0.39, 0.29) is 5.91 Å². The molecule has 22 heavy (non-hydrogen) atoms. The maximum Gasteiger partial charge on any atom is 0.265 e. The number of nitriles is 1. The summed E-state index contributed by atoms with van der Waals surface area (Å²) in [5.41, 5.74) is 1.93. The molecule has 0 aliphatic rings. The molecule has 2 aromatic rings. The number of rotatable bonds is 4.